The Morgan fingerprint density at radius 3 is 2.78 bits per heavy atom. The van der Waals surface area contributed by atoms with Crippen molar-refractivity contribution in [3.05, 3.63) is 29.8 Å². The summed E-state index contributed by atoms with van der Waals surface area (Å²) in [6, 6.07) is 7.75. The van der Waals surface area contributed by atoms with Gasteiger partial charge in [0.1, 0.15) is 12.4 Å². The molecule has 1 atom stereocenters. The molecule has 1 heterocycles. The zero-order valence-corrected chi connectivity index (χ0v) is 10.5. The molecule has 0 radical (unpaired) electrons. The molecule has 1 aromatic rings. The minimum atomic E-state index is -0.260. The number of nitrogens with two attached hydrogens (primary N) is 1. The van der Waals surface area contributed by atoms with Gasteiger partial charge in [0.2, 0.25) is 0 Å². The zero-order valence-electron chi connectivity index (χ0n) is 10.5. The van der Waals surface area contributed by atoms with Crippen LogP contribution in [0.1, 0.15) is 12.0 Å². The predicted octanol–water partition coefficient (Wildman–Crippen LogP) is 1.36. The Morgan fingerprint density at radius 1 is 1.44 bits per heavy atom. The van der Waals surface area contributed by atoms with Crippen LogP contribution in [0.25, 0.3) is 0 Å². The van der Waals surface area contributed by atoms with E-state index in [0.717, 1.165) is 17.7 Å². The lowest BCUT2D eigenvalue weighted by atomic mass is 10.1. The minimum Gasteiger partial charge on any atom is -0.497 e. The summed E-state index contributed by atoms with van der Waals surface area (Å²) in [4.78, 5) is 13.4. The highest BCUT2D eigenvalue weighted by Crippen LogP contribution is 2.20. The van der Waals surface area contributed by atoms with E-state index in [0.29, 0.717) is 19.7 Å². The summed E-state index contributed by atoms with van der Waals surface area (Å²) in [7, 11) is 1.63. The molecule has 1 amide bonds. The van der Waals surface area contributed by atoms with E-state index in [-0.39, 0.29) is 12.1 Å². The van der Waals surface area contributed by atoms with Gasteiger partial charge in [0.15, 0.2) is 0 Å². The molecule has 1 aliphatic rings. The monoisotopic (exact) mass is 250 g/mol. The Bertz CT molecular complexity index is 405. The Hall–Kier alpha value is -1.75. The SMILES string of the molecule is COc1ccc(CN2C(=O)OCC2CCN)cc1. The fourth-order valence-corrected chi connectivity index (χ4v) is 2.04. The second-order valence-electron chi connectivity index (χ2n) is 4.28. The summed E-state index contributed by atoms with van der Waals surface area (Å²) in [5.74, 6) is 0.807. The fraction of sp³-hybridized carbons (Fsp3) is 0.462. The quantitative estimate of drug-likeness (QED) is 0.857. The van der Waals surface area contributed by atoms with Gasteiger partial charge in [0, 0.05) is 6.54 Å². The molecular formula is C13H18N2O3. The second-order valence-corrected chi connectivity index (χ2v) is 4.28. The summed E-state index contributed by atoms with van der Waals surface area (Å²) in [5, 5.41) is 0. The second kappa shape index (κ2) is 5.73. The average molecular weight is 250 g/mol. The number of rotatable bonds is 5. The summed E-state index contributed by atoms with van der Waals surface area (Å²) < 4.78 is 10.2. The van der Waals surface area contributed by atoms with E-state index in [1.165, 1.54) is 0 Å². The van der Waals surface area contributed by atoms with Crippen LogP contribution < -0.4 is 10.5 Å². The minimum absolute atomic E-state index is 0.0876. The number of carbonyl (C=O) groups excluding carboxylic acids is 1. The molecule has 1 aromatic carbocycles. The highest BCUT2D eigenvalue weighted by atomic mass is 16.6. The number of hydrogen-bond acceptors (Lipinski definition) is 4. The molecule has 0 spiro atoms. The molecule has 1 fully saturated rings. The maximum absolute atomic E-state index is 11.6. The first-order chi connectivity index (χ1) is 8.74. The van der Waals surface area contributed by atoms with Crippen molar-refractivity contribution in [2.24, 2.45) is 5.73 Å². The van der Waals surface area contributed by atoms with Crippen LogP contribution in [0.3, 0.4) is 0 Å². The van der Waals surface area contributed by atoms with Crippen molar-refractivity contribution in [1.29, 1.82) is 0 Å². The Morgan fingerprint density at radius 2 is 2.17 bits per heavy atom. The third-order valence-corrected chi connectivity index (χ3v) is 3.09. The molecule has 98 valence electrons. The number of hydrogen-bond donors (Lipinski definition) is 1. The van der Waals surface area contributed by atoms with Gasteiger partial charge in [0.25, 0.3) is 0 Å². The maximum atomic E-state index is 11.6. The largest absolute Gasteiger partial charge is 0.497 e. The van der Waals surface area contributed by atoms with Gasteiger partial charge >= 0.3 is 6.09 Å². The van der Waals surface area contributed by atoms with Gasteiger partial charge in [-0.3, -0.25) is 4.90 Å². The first-order valence-electron chi connectivity index (χ1n) is 6.01. The Kier molecular flexibility index (Phi) is 4.04. The molecule has 1 aliphatic heterocycles. The summed E-state index contributed by atoms with van der Waals surface area (Å²) in [5.41, 5.74) is 6.59. The number of cyclic esters (lactones) is 1. The lowest BCUT2D eigenvalue weighted by Crippen LogP contribution is -2.34. The van der Waals surface area contributed by atoms with Gasteiger partial charge in [-0.1, -0.05) is 12.1 Å². The standard InChI is InChI=1S/C13H18N2O3/c1-17-12-4-2-10(3-5-12)8-15-11(6-7-14)9-18-13(15)16/h2-5,11H,6-9,14H2,1H3. The molecule has 0 aromatic heterocycles. The highest BCUT2D eigenvalue weighted by molar-refractivity contribution is 5.70. The molecule has 2 N–H and O–H groups in total. The molecule has 5 nitrogen and oxygen atoms in total. The van der Waals surface area contributed by atoms with Crippen LogP contribution >= 0.6 is 0 Å². The van der Waals surface area contributed by atoms with E-state index in [2.05, 4.69) is 0 Å². The van der Waals surface area contributed by atoms with Crippen molar-refractivity contribution in [3.8, 4) is 5.75 Å². The van der Waals surface area contributed by atoms with E-state index in [9.17, 15) is 4.79 Å². The van der Waals surface area contributed by atoms with E-state index in [1.807, 2.05) is 24.3 Å². The first kappa shape index (κ1) is 12.7. The number of nitrogens with zero attached hydrogens (tertiary/aromatic N) is 1. The van der Waals surface area contributed by atoms with Gasteiger partial charge in [0.05, 0.1) is 13.2 Å². The maximum Gasteiger partial charge on any atom is 0.410 e. The van der Waals surface area contributed by atoms with Gasteiger partial charge in [-0.15, -0.1) is 0 Å². The molecule has 0 bridgehead atoms. The molecule has 0 aliphatic carbocycles. The lowest BCUT2D eigenvalue weighted by Gasteiger charge is -2.20. The summed E-state index contributed by atoms with van der Waals surface area (Å²) >= 11 is 0. The average Bonchev–Trinajstić information content (AvgIpc) is 2.73. The summed E-state index contributed by atoms with van der Waals surface area (Å²) in [6.45, 7) is 1.54. The van der Waals surface area contributed by atoms with Crippen LogP contribution in [-0.2, 0) is 11.3 Å². The number of methoxy groups -OCH3 is 1. The van der Waals surface area contributed by atoms with Crippen molar-refractivity contribution in [3.63, 3.8) is 0 Å². The molecule has 0 saturated carbocycles. The van der Waals surface area contributed by atoms with Gasteiger partial charge < -0.3 is 15.2 Å². The zero-order chi connectivity index (χ0) is 13.0. The van der Waals surface area contributed by atoms with Gasteiger partial charge in [-0.2, -0.15) is 0 Å². The number of ether oxygens (including phenoxy) is 2. The van der Waals surface area contributed by atoms with E-state index in [4.69, 9.17) is 15.2 Å². The van der Waals surface area contributed by atoms with E-state index >= 15 is 0 Å². The van der Waals surface area contributed by atoms with Crippen LogP contribution in [0.15, 0.2) is 24.3 Å². The van der Waals surface area contributed by atoms with Gasteiger partial charge in [-0.25, -0.2) is 4.79 Å². The molecule has 5 heteroatoms. The van der Waals surface area contributed by atoms with Crippen molar-refractivity contribution >= 4 is 6.09 Å². The molecule has 18 heavy (non-hydrogen) atoms. The third kappa shape index (κ3) is 2.73. The van der Waals surface area contributed by atoms with Crippen LogP contribution in [0.5, 0.6) is 5.75 Å². The highest BCUT2D eigenvalue weighted by Gasteiger charge is 2.31. The molecule has 2 rings (SSSR count). The predicted molar refractivity (Wildman–Crippen MR) is 67.3 cm³/mol. The van der Waals surface area contributed by atoms with Crippen molar-refractivity contribution in [1.82, 2.24) is 4.90 Å². The number of benzene rings is 1. The van der Waals surface area contributed by atoms with Crippen molar-refractivity contribution < 1.29 is 14.3 Å². The number of carbonyl (C=O) groups is 1. The normalized spacial score (nSPS) is 18.9. The third-order valence-electron chi connectivity index (χ3n) is 3.09. The summed E-state index contributed by atoms with van der Waals surface area (Å²) in [6.07, 6.45) is 0.506. The van der Waals surface area contributed by atoms with E-state index in [1.54, 1.807) is 12.0 Å². The van der Waals surface area contributed by atoms with Gasteiger partial charge in [-0.05, 0) is 30.7 Å². The van der Waals surface area contributed by atoms with Crippen LogP contribution in [0, 0.1) is 0 Å². The van der Waals surface area contributed by atoms with Crippen LogP contribution in [0.4, 0.5) is 4.79 Å². The number of amides is 1. The van der Waals surface area contributed by atoms with Crippen molar-refractivity contribution in [2.75, 3.05) is 20.3 Å². The first-order valence-corrected chi connectivity index (χ1v) is 6.01. The lowest BCUT2D eigenvalue weighted by molar-refractivity contribution is 0.156. The van der Waals surface area contributed by atoms with Crippen LogP contribution in [-0.4, -0.2) is 37.3 Å². The molecule has 1 unspecified atom stereocenters. The van der Waals surface area contributed by atoms with E-state index < -0.39 is 0 Å². The fourth-order valence-electron chi connectivity index (χ4n) is 2.04. The smallest absolute Gasteiger partial charge is 0.410 e. The topological polar surface area (TPSA) is 64.8 Å². The molecule has 1 saturated heterocycles. The van der Waals surface area contributed by atoms with Crippen LogP contribution in [0.2, 0.25) is 0 Å². The Balaban J connectivity index is 2.03. The Labute approximate surface area is 106 Å². The molecular weight excluding hydrogens is 232 g/mol. The van der Waals surface area contributed by atoms with Crippen molar-refractivity contribution in [2.45, 2.75) is 19.0 Å².